The standard InChI is InChI=1S/C23H28FNO3/c1-15(16-3-8-23(26)22(24)11-16)12-25-13-17-9-21(10-18(17)14-25)28-20-6-4-19(27-2)5-7-20/h3-8,11,15,17-18,21,26H,9-10,12-14H2,1-2H3/t15?,17-,18?,21?/m1/s1. The van der Waals surface area contributed by atoms with Gasteiger partial charge in [0.15, 0.2) is 11.6 Å². The lowest BCUT2D eigenvalue weighted by atomic mass is 10.0. The van der Waals surface area contributed by atoms with E-state index < -0.39 is 5.82 Å². The number of methoxy groups -OCH3 is 1. The van der Waals surface area contributed by atoms with Gasteiger partial charge in [-0.2, -0.15) is 0 Å². The summed E-state index contributed by atoms with van der Waals surface area (Å²) in [5.74, 6) is 2.51. The van der Waals surface area contributed by atoms with Gasteiger partial charge in [0, 0.05) is 19.6 Å². The van der Waals surface area contributed by atoms with Crippen LogP contribution in [0.4, 0.5) is 4.39 Å². The molecule has 1 N–H and O–H groups in total. The summed E-state index contributed by atoms with van der Waals surface area (Å²) in [6.07, 6.45) is 2.47. The molecule has 1 heterocycles. The zero-order valence-corrected chi connectivity index (χ0v) is 16.5. The molecule has 0 aromatic heterocycles. The van der Waals surface area contributed by atoms with Crippen LogP contribution in [0.3, 0.4) is 0 Å². The molecule has 1 saturated heterocycles. The van der Waals surface area contributed by atoms with Gasteiger partial charge in [0.1, 0.15) is 11.5 Å². The first-order valence-corrected chi connectivity index (χ1v) is 10.0. The molecule has 150 valence electrons. The van der Waals surface area contributed by atoms with Crippen LogP contribution in [0.15, 0.2) is 42.5 Å². The van der Waals surface area contributed by atoms with E-state index in [1.54, 1.807) is 7.11 Å². The Morgan fingerprint density at radius 3 is 2.32 bits per heavy atom. The summed E-state index contributed by atoms with van der Waals surface area (Å²) in [6, 6.07) is 12.5. The fraction of sp³-hybridized carbons (Fsp3) is 0.478. The van der Waals surface area contributed by atoms with Gasteiger partial charge in [-0.1, -0.05) is 13.0 Å². The van der Waals surface area contributed by atoms with Crippen LogP contribution in [0.25, 0.3) is 0 Å². The number of phenols is 1. The van der Waals surface area contributed by atoms with Crippen molar-refractivity contribution in [2.75, 3.05) is 26.7 Å². The van der Waals surface area contributed by atoms with E-state index in [0.29, 0.717) is 11.8 Å². The number of ether oxygens (including phenoxy) is 2. The minimum absolute atomic E-state index is 0.236. The lowest BCUT2D eigenvalue weighted by Gasteiger charge is -2.23. The van der Waals surface area contributed by atoms with Crippen LogP contribution in [0, 0.1) is 17.7 Å². The minimum atomic E-state index is -0.541. The molecule has 0 spiro atoms. The second kappa shape index (κ2) is 8.00. The van der Waals surface area contributed by atoms with Gasteiger partial charge < -0.3 is 19.5 Å². The summed E-state index contributed by atoms with van der Waals surface area (Å²) >= 11 is 0. The Labute approximate surface area is 165 Å². The van der Waals surface area contributed by atoms with E-state index in [2.05, 4.69) is 11.8 Å². The van der Waals surface area contributed by atoms with Crippen LogP contribution >= 0.6 is 0 Å². The van der Waals surface area contributed by atoms with E-state index in [-0.39, 0.29) is 17.8 Å². The van der Waals surface area contributed by atoms with E-state index in [0.717, 1.165) is 49.5 Å². The quantitative estimate of drug-likeness (QED) is 0.799. The van der Waals surface area contributed by atoms with Crippen molar-refractivity contribution in [2.45, 2.75) is 31.8 Å². The number of fused-ring (bicyclic) bond motifs is 1. The molecule has 4 rings (SSSR count). The average molecular weight is 385 g/mol. The summed E-state index contributed by atoms with van der Waals surface area (Å²) in [5.41, 5.74) is 0.938. The third kappa shape index (κ3) is 4.09. The number of phenolic OH excluding ortho intramolecular Hbond substituents is 1. The van der Waals surface area contributed by atoms with Crippen molar-refractivity contribution in [3.05, 3.63) is 53.8 Å². The number of rotatable bonds is 6. The van der Waals surface area contributed by atoms with Gasteiger partial charge in [-0.3, -0.25) is 0 Å². The molecule has 28 heavy (non-hydrogen) atoms. The fourth-order valence-corrected chi connectivity index (χ4v) is 4.76. The molecule has 3 unspecified atom stereocenters. The molecule has 0 amide bonds. The van der Waals surface area contributed by atoms with E-state index in [4.69, 9.17) is 9.47 Å². The average Bonchev–Trinajstić information content (AvgIpc) is 3.22. The lowest BCUT2D eigenvalue weighted by Crippen LogP contribution is -2.28. The van der Waals surface area contributed by atoms with Crippen molar-refractivity contribution < 1.29 is 19.0 Å². The Morgan fingerprint density at radius 1 is 1.07 bits per heavy atom. The van der Waals surface area contributed by atoms with Crippen molar-refractivity contribution in [1.82, 2.24) is 4.90 Å². The largest absolute Gasteiger partial charge is 0.505 e. The van der Waals surface area contributed by atoms with Crippen LogP contribution < -0.4 is 9.47 Å². The van der Waals surface area contributed by atoms with Gasteiger partial charge in [0.25, 0.3) is 0 Å². The van der Waals surface area contributed by atoms with Crippen molar-refractivity contribution in [1.29, 1.82) is 0 Å². The molecule has 2 fully saturated rings. The Bertz CT molecular complexity index is 796. The first kappa shape index (κ1) is 19.1. The first-order valence-electron chi connectivity index (χ1n) is 10.0. The maximum Gasteiger partial charge on any atom is 0.165 e. The van der Waals surface area contributed by atoms with Gasteiger partial charge in [-0.15, -0.1) is 0 Å². The highest BCUT2D eigenvalue weighted by Crippen LogP contribution is 2.40. The van der Waals surface area contributed by atoms with Crippen molar-refractivity contribution >= 4 is 0 Å². The minimum Gasteiger partial charge on any atom is -0.505 e. The van der Waals surface area contributed by atoms with Crippen LogP contribution in [0.2, 0.25) is 0 Å². The molecular formula is C23H28FNO3. The highest BCUT2D eigenvalue weighted by atomic mass is 19.1. The molecular weight excluding hydrogens is 357 g/mol. The number of aromatic hydroxyl groups is 1. The molecule has 2 aliphatic rings. The Balaban J connectivity index is 1.28. The topological polar surface area (TPSA) is 41.9 Å². The number of hydrogen-bond donors (Lipinski definition) is 1. The third-order valence-corrected chi connectivity index (χ3v) is 6.22. The first-order chi connectivity index (χ1) is 13.5. The van der Waals surface area contributed by atoms with Crippen molar-refractivity contribution in [3.63, 3.8) is 0 Å². The van der Waals surface area contributed by atoms with E-state index >= 15 is 0 Å². The smallest absolute Gasteiger partial charge is 0.165 e. The second-order valence-electron chi connectivity index (χ2n) is 8.24. The number of hydrogen-bond acceptors (Lipinski definition) is 4. The van der Waals surface area contributed by atoms with Crippen LogP contribution in [0.5, 0.6) is 17.2 Å². The van der Waals surface area contributed by atoms with Crippen LogP contribution in [-0.4, -0.2) is 42.9 Å². The van der Waals surface area contributed by atoms with Gasteiger partial charge in [0.2, 0.25) is 0 Å². The van der Waals surface area contributed by atoms with Gasteiger partial charge in [-0.05, 0) is 72.6 Å². The molecule has 0 bridgehead atoms. The summed E-state index contributed by atoms with van der Waals surface area (Å²) in [4.78, 5) is 2.49. The SMILES string of the molecule is COc1ccc(OC2CC3CN(CC(C)c4ccc(O)c(F)c4)C[C@H]3C2)cc1. The summed E-state index contributed by atoms with van der Waals surface area (Å²) in [6.45, 7) is 5.20. The van der Waals surface area contributed by atoms with Crippen molar-refractivity contribution in [2.24, 2.45) is 11.8 Å². The molecule has 1 aliphatic heterocycles. The van der Waals surface area contributed by atoms with Crippen LogP contribution in [-0.2, 0) is 0 Å². The highest BCUT2D eigenvalue weighted by molar-refractivity contribution is 5.31. The number of benzene rings is 2. The normalized spacial score (nSPS) is 25.5. The maximum absolute atomic E-state index is 13.6. The molecule has 4 atom stereocenters. The summed E-state index contributed by atoms with van der Waals surface area (Å²) in [7, 11) is 1.67. The fourth-order valence-electron chi connectivity index (χ4n) is 4.76. The highest BCUT2D eigenvalue weighted by Gasteiger charge is 2.42. The monoisotopic (exact) mass is 385 g/mol. The van der Waals surface area contributed by atoms with Gasteiger partial charge in [0.05, 0.1) is 13.2 Å². The number of likely N-dealkylation sites (tertiary alicyclic amines) is 1. The summed E-state index contributed by atoms with van der Waals surface area (Å²) in [5, 5.41) is 9.37. The van der Waals surface area contributed by atoms with E-state index in [9.17, 15) is 9.50 Å². The predicted molar refractivity (Wildman–Crippen MR) is 107 cm³/mol. The molecule has 4 nitrogen and oxygen atoms in total. The molecule has 2 aromatic rings. The van der Waals surface area contributed by atoms with Crippen LogP contribution in [0.1, 0.15) is 31.2 Å². The van der Waals surface area contributed by atoms with Gasteiger partial charge in [-0.25, -0.2) is 4.39 Å². The number of nitrogens with zero attached hydrogens (tertiary/aromatic N) is 1. The van der Waals surface area contributed by atoms with E-state index in [1.165, 1.54) is 12.1 Å². The molecule has 1 saturated carbocycles. The molecule has 5 heteroatoms. The summed E-state index contributed by atoms with van der Waals surface area (Å²) < 4.78 is 25.0. The molecule has 0 radical (unpaired) electrons. The lowest BCUT2D eigenvalue weighted by molar-refractivity contribution is 0.184. The Kier molecular flexibility index (Phi) is 5.44. The zero-order chi connectivity index (χ0) is 19.7. The Hall–Kier alpha value is -2.27. The molecule has 2 aromatic carbocycles. The molecule has 1 aliphatic carbocycles. The second-order valence-corrected chi connectivity index (χ2v) is 8.24. The third-order valence-electron chi connectivity index (χ3n) is 6.22. The number of halogens is 1. The zero-order valence-electron chi connectivity index (χ0n) is 16.5. The van der Waals surface area contributed by atoms with E-state index in [1.807, 2.05) is 30.3 Å². The van der Waals surface area contributed by atoms with Crippen molar-refractivity contribution in [3.8, 4) is 17.2 Å². The Morgan fingerprint density at radius 2 is 1.71 bits per heavy atom. The van der Waals surface area contributed by atoms with Gasteiger partial charge >= 0.3 is 0 Å². The maximum atomic E-state index is 13.6. The predicted octanol–water partition coefficient (Wildman–Crippen LogP) is 4.43.